The second-order valence-electron chi connectivity index (χ2n) is 6.17. The van der Waals surface area contributed by atoms with E-state index in [1.807, 2.05) is 26.8 Å². The molecular formula is C19H24N2O4S. The van der Waals surface area contributed by atoms with Crippen molar-refractivity contribution in [2.45, 2.75) is 38.7 Å². The van der Waals surface area contributed by atoms with Gasteiger partial charge < -0.3 is 9.47 Å². The average Bonchev–Trinajstić information content (AvgIpc) is 2.57. The molecule has 0 aliphatic heterocycles. The van der Waals surface area contributed by atoms with Gasteiger partial charge in [-0.15, -0.1) is 0 Å². The molecule has 0 saturated heterocycles. The number of methoxy groups -OCH3 is 1. The predicted molar refractivity (Wildman–Crippen MR) is 103 cm³/mol. The third-order valence-corrected chi connectivity index (χ3v) is 4.96. The van der Waals surface area contributed by atoms with Crippen molar-refractivity contribution in [1.82, 2.24) is 4.83 Å². The molecule has 0 aromatic heterocycles. The van der Waals surface area contributed by atoms with Crippen LogP contribution >= 0.6 is 0 Å². The molecule has 1 N–H and O–H groups in total. The van der Waals surface area contributed by atoms with Gasteiger partial charge in [0.25, 0.3) is 10.0 Å². The van der Waals surface area contributed by atoms with Gasteiger partial charge in [-0.1, -0.05) is 18.2 Å². The van der Waals surface area contributed by atoms with E-state index in [4.69, 9.17) is 9.47 Å². The van der Waals surface area contributed by atoms with E-state index in [2.05, 4.69) is 9.93 Å². The maximum Gasteiger partial charge on any atom is 0.276 e. The number of hydrogen-bond acceptors (Lipinski definition) is 5. The average molecular weight is 376 g/mol. The fourth-order valence-electron chi connectivity index (χ4n) is 2.37. The maximum absolute atomic E-state index is 12.5. The first kappa shape index (κ1) is 19.8. The Labute approximate surface area is 154 Å². The molecule has 0 atom stereocenters. The van der Waals surface area contributed by atoms with Crippen molar-refractivity contribution < 1.29 is 17.9 Å². The lowest BCUT2D eigenvalue weighted by Crippen LogP contribution is -2.19. The van der Waals surface area contributed by atoms with Gasteiger partial charge in [0.1, 0.15) is 0 Å². The second kappa shape index (κ2) is 8.23. The van der Waals surface area contributed by atoms with Crippen LogP contribution in [0.2, 0.25) is 0 Å². The molecule has 0 amide bonds. The summed E-state index contributed by atoms with van der Waals surface area (Å²) in [5.74, 6) is 1.07. The molecule has 0 radical (unpaired) electrons. The van der Waals surface area contributed by atoms with Gasteiger partial charge in [0.05, 0.1) is 24.3 Å². The molecule has 2 aromatic carbocycles. The molecule has 6 nitrogen and oxygen atoms in total. The molecule has 0 unspecified atom stereocenters. The molecule has 7 heteroatoms. The van der Waals surface area contributed by atoms with Crippen molar-refractivity contribution in [2.24, 2.45) is 5.10 Å². The van der Waals surface area contributed by atoms with Crippen LogP contribution in [-0.2, 0) is 10.0 Å². The van der Waals surface area contributed by atoms with Crippen LogP contribution in [0.15, 0.2) is 46.4 Å². The van der Waals surface area contributed by atoms with Gasteiger partial charge in [-0.25, -0.2) is 4.83 Å². The minimum atomic E-state index is -3.76. The smallest absolute Gasteiger partial charge is 0.276 e. The Hall–Kier alpha value is -2.54. The standard InChI is InChI=1S/C19H24N2O4S/c1-13(2)25-19-16(7-6-8-17(19)24-5)12-20-21-26(22,23)18-11-14(3)9-10-15(18)4/h6-13,21H,1-5H3/b20-12-. The third kappa shape index (κ3) is 4.76. The van der Waals surface area contributed by atoms with E-state index in [1.165, 1.54) is 6.21 Å². The Morgan fingerprint density at radius 1 is 1.15 bits per heavy atom. The van der Waals surface area contributed by atoms with E-state index in [0.29, 0.717) is 22.6 Å². The molecule has 26 heavy (non-hydrogen) atoms. The van der Waals surface area contributed by atoms with Crippen molar-refractivity contribution in [3.63, 3.8) is 0 Å². The first-order valence-electron chi connectivity index (χ1n) is 8.20. The number of nitrogens with one attached hydrogen (secondary N) is 1. The molecular weight excluding hydrogens is 352 g/mol. The van der Waals surface area contributed by atoms with Crippen molar-refractivity contribution in [3.05, 3.63) is 53.1 Å². The lowest BCUT2D eigenvalue weighted by Gasteiger charge is -2.15. The number of nitrogens with zero attached hydrogens (tertiary/aromatic N) is 1. The summed E-state index contributed by atoms with van der Waals surface area (Å²) in [7, 11) is -2.21. The molecule has 140 valence electrons. The fourth-order valence-corrected chi connectivity index (χ4v) is 3.49. The van der Waals surface area contributed by atoms with Gasteiger partial charge in [0.2, 0.25) is 0 Å². The van der Waals surface area contributed by atoms with Crippen molar-refractivity contribution in [1.29, 1.82) is 0 Å². The topological polar surface area (TPSA) is 77.0 Å². The zero-order chi connectivity index (χ0) is 19.3. The molecule has 0 aliphatic carbocycles. The lowest BCUT2D eigenvalue weighted by molar-refractivity contribution is 0.230. The maximum atomic E-state index is 12.5. The summed E-state index contributed by atoms with van der Waals surface area (Å²) in [5, 5.41) is 3.91. The van der Waals surface area contributed by atoms with Gasteiger partial charge in [0.15, 0.2) is 11.5 Å². The zero-order valence-electron chi connectivity index (χ0n) is 15.6. The highest BCUT2D eigenvalue weighted by Crippen LogP contribution is 2.31. The monoisotopic (exact) mass is 376 g/mol. The summed E-state index contributed by atoms with van der Waals surface area (Å²) in [6, 6.07) is 10.6. The Kier molecular flexibility index (Phi) is 6.26. The van der Waals surface area contributed by atoms with Gasteiger partial charge in [-0.2, -0.15) is 13.5 Å². The van der Waals surface area contributed by atoms with Crippen molar-refractivity contribution in [3.8, 4) is 11.5 Å². The highest BCUT2D eigenvalue weighted by molar-refractivity contribution is 7.89. The SMILES string of the molecule is COc1cccc(/C=N\NS(=O)(=O)c2cc(C)ccc2C)c1OC(C)C. The van der Waals surface area contributed by atoms with Gasteiger partial charge in [0, 0.05) is 5.56 Å². The number of sulfonamides is 1. The van der Waals surface area contributed by atoms with Crippen molar-refractivity contribution >= 4 is 16.2 Å². The summed E-state index contributed by atoms with van der Waals surface area (Å²) in [6.07, 6.45) is 1.34. The van der Waals surface area contributed by atoms with Crippen LogP contribution in [0.3, 0.4) is 0 Å². The van der Waals surface area contributed by atoms with Gasteiger partial charge in [-0.05, 0) is 57.0 Å². The summed E-state index contributed by atoms with van der Waals surface area (Å²) >= 11 is 0. The summed E-state index contributed by atoms with van der Waals surface area (Å²) in [5.41, 5.74) is 2.13. The Bertz CT molecular complexity index is 906. The molecule has 0 aliphatic rings. The molecule has 2 rings (SSSR count). The Balaban J connectivity index is 2.29. The Morgan fingerprint density at radius 3 is 2.54 bits per heavy atom. The molecule has 0 spiro atoms. The largest absolute Gasteiger partial charge is 0.493 e. The van der Waals surface area contributed by atoms with Crippen molar-refractivity contribution in [2.75, 3.05) is 7.11 Å². The molecule has 2 aromatic rings. The summed E-state index contributed by atoms with van der Waals surface area (Å²) in [6.45, 7) is 7.38. The number of ether oxygens (including phenoxy) is 2. The quantitative estimate of drug-likeness (QED) is 0.593. The summed E-state index contributed by atoms with van der Waals surface area (Å²) < 4.78 is 36.1. The van der Waals surface area contributed by atoms with E-state index >= 15 is 0 Å². The van der Waals surface area contributed by atoms with E-state index in [9.17, 15) is 8.42 Å². The summed E-state index contributed by atoms with van der Waals surface area (Å²) in [4.78, 5) is 2.46. The highest BCUT2D eigenvalue weighted by Gasteiger charge is 2.16. The van der Waals surface area contributed by atoms with Crippen LogP contribution in [0.1, 0.15) is 30.5 Å². The number of benzene rings is 2. The molecule has 0 saturated carbocycles. The van der Waals surface area contributed by atoms with Crippen LogP contribution in [0, 0.1) is 13.8 Å². The highest BCUT2D eigenvalue weighted by atomic mass is 32.2. The van der Waals surface area contributed by atoms with Crippen LogP contribution < -0.4 is 14.3 Å². The second-order valence-corrected chi connectivity index (χ2v) is 7.80. The number of hydrogen-bond donors (Lipinski definition) is 1. The van der Waals surface area contributed by atoms with Crippen LogP contribution in [0.4, 0.5) is 0 Å². The minimum absolute atomic E-state index is 0.0647. The fraction of sp³-hybridized carbons (Fsp3) is 0.316. The van der Waals surface area contributed by atoms with Gasteiger partial charge in [-0.3, -0.25) is 0 Å². The first-order valence-corrected chi connectivity index (χ1v) is 9.68. The zero-order valence-corrected chi connectivity index (χ0v) is 16.4. The molecule has 0 bridgehead atoms. The van der Waals surface area contributed by atoms with Crippen LogP contribution in [0.5, 0.6) is 11.5 Å². The number of para-hydroxylation sites is 1. The number of aryl methyl sites for hydroxylation is 2. The predicted octanol–water partition coefficient (Wildman–Crippen LogP) is 3.41. The van der Waals surface area contributed by atoms with E-state index in [-0.39, 0.29) is 11.0 Å². The van der Waals surface area contributed by atoms with Crippen LogP contribution in [-0.4, -0.2) is 27.8 Å². The molecule has 0 fully saturated rings. The lowest BCUT2D eigenvalue weighted by atomic mass is 10.2. The molecule has 0 heterocycles. The first-order chi connectivity index (χ1) is 12.2. The van der Waals surface area contributed by atoms with E-state index in [1.54, 1.807) is 44.4 Å². The number of hydrazone groups is 1. The third-order valence-electron chi connectivity index (χ3n) is 3.59. The minimum Gasteiger partial charge on any atom is -0.493 e. The number of rotatable bonds is 7. The van der Waals surface area contributed by atoms with E-state index < -0.39 is 10.0 Å². The normalized spacial score (nSPS) is 11.8. The van der Waals surface area contributed by atoms with Crippen LogP contribution in [0.25, 0.3) is 0 Å². The van der Waals surface area contributed by atoms with E-state index in [0.717, 1.165) is 5.56 Å². The Morgan fingerprint density at radius 2 is 1.88 bits per heavy atom. The van der Waals surface area contributed by atoms with Gasteiger partial charge >= 0.3 is 0 Å².